The third-order valence-corrected chi connectivity index (χ3v) is 6.63. The van der Waals surface area contributed by atoms with E-state index in [1.54, 1.807) is 17.4 Å². The lowest BCUT2D eigenvalue weighted by Gasteiger charge is -2.03. The fraction of sp³-hybridized carbons (Fsp3) is 0.412. The molecule has 3 rings (SSSR count). The Kier molecular flexibility index (Phi) is 5.31. The molecule has 0 atom stereocenters. The van der Waals surface area contributed by atoms with Gasteiger partial charge in [0.1, 0.15) is 0 Å². The lowest BCUT2D eigenvalue weighted by molar-refractivity contribution is 0.397. The van der Waals surface area contributed by atoms with Crippen LogP contribution in [0.3, 0.4) is 0 Å². The van der Waals surface area contributed by atoms with Crippen molar-refractivity contribution in [2.24, 2.45) is 0 Å². The molecule has 0 saturated heterocycles. The van der Waals surface area contributed by atoms with E-state index in [9.17, 15) is 8.42 Å². The molecular weight excluding hydrogens is 374 g/mol. The van der Waals surface area contributed by atoms with Crippen molar-refractivity contribution in [3.8, 4) is 11.5 Å². The van der Waals surface area contributed by atoms with E-state index in [-0.39, 0.29) is 5.09 Å². The van der Waals surface area contributed by atoms with Crippen LogP contribution in [-0.4, -0.2) is 25.1 Å². The molecule has 9 heteroatoms. The number of hydrogen-bond donors (Lipinski definition) is 1. The molecule has 0 saturated carbocycles. The first-order valence-electron chi connectivity index (χ1n) is 8.23. The Labute approximate surface area is 156 Å². The highest BCUT2D eigenvalue weighted by Gasteiger charge is 2.21. The van der Waals surface area contributed by atoms with Crippen LogP contribution in [0, 0.1) is 27.7 Å². The molecule has 0 fully saturated rings. The summed E-state index contributed by atoms with van der Waals surface area (Å²) in [4.78, 5) is 5.65. The van der Waals surface area contributed by atoms with Crippen molar-refractivity contribution in [1.82, 2.24) is 14.9 Å². The van der Waals surface area contributed by atoms with Gasteiger partial charge in [-0.25, -0.2) is 18.1 Å². The quantitative estimate of drug-likeness (QED) is 0.615. The van der Waals surface area contributed by atoms with Gasteiger partial charge < -0.3 is 8.94 Å². The van der Waals surface area contributed by atoms with E-state index in [2.05, 4.69) is 14.9 Å². The molecule has 0 aliphatic carbocycles. The van der Waals surface area contributed by atoms with E-state index in [1.807, 2.05) is 27.7 Å². The standard InChI is InChI=1S/C17H21N3O4S2/c1-10-11(2)20-24-17(10)14-7-8-16(23-14)26(21,22)18-9-5-6-15-19-12(3)13(4)25-15/h7-8,18H,5-6,9H2,1-4H3. The van der Waals surface area contributed by atoms with Crippen molar-refractivity contribution < 1.29 is 17.4 Å². The third kappa shape index (κ3) is 3.89. The van der Waals surface area contributed by atoms with E-state index in [0.717, 1.165) is 28.4 Å². The Hall–Kier alpha value is -1.97. The maximum Gasteiger partial charge on any atom is 0.273 e. The number of aryl methyl sites for hydroxylation is 4. The first-order valence-corrected chi connectivity index (χ1v) is 10.5. The summed E-state index contributed by atoms with van der Waals surface area (Å²) in [6, 6.07) is 2.99. The molecule has 3 aromatic heterocycles. The number of rotatable bonds is 7. The topological polar surface area (TPSA) is 98.2 Å². The molecule has 0 radical (unpaired) electrons. The average Bonchev–Trinajstić information content (AvgIpc) is 3.27. The van der Waals surface area contributed by atoms with E-state index in [0.29, 0.717) is 24.5 Å². The van der Waals surface area contributed by atoms with E-state index in [4.69, 9.17) is 8.94 Å². The van der Waals surface area contributed by atoms with Gasteiger partial charge in [0.05, 0.1) is 16.4 Å². The largest absolute Gasteiger partial charge is 0.440 e. The summed E-state index contributed by atoms with van der Waals surface area (Å²) < 4.78 is 38.0. The lowest BCUT2D eigenvalue weighted by atomic mass is 10.2. The van der Waals surface area contributed by atoms with Crippen LogP contribution in [0.2, 0.25) is 0 Å². The molecule has 1 N–H and O–H groups in total. The summed E-state index contributed by atoms with van der Waals surface area (Å²) in [5, 5.41) is 4.74. The second-order valence-corrected chi connectivity index (χ2v) is 9.08. The SMILES string of the molecule is Cc1nc(CCCNS(=O)(=O)c2ccc(-c3onc(C)c3C)o2)sc1C. The number of hydrogen-bond acceptors (Lipinski definition) is 7. The van der Waals surface area contributed by atoms with Gasteiger partial charge in [0.2, 0.25) is 10.9 Å². The van der Waals surface area contributed by atoms with Gasteiger partial charge in [0, 0.05) is 23.4 Å². The zero-order valence-electron chi connectivity index (χ0n) is 15.1. The summed E-state index contributed by atoms with van der Waals surface area (Å²) in [5.41, 5.74) is 2.60. The second-order valence-electron chi connectivity index (χ2n) is 6.09. The molecular formula is C17H21N3O4S2. The van der Waals surface area contributed by atoms with Crippen molar-refractivity contribution in [1.29, 1.82) is 0 Å². The summed E-state index contributed by atoms with van der Waals surface area (Å²) >= 11 is 1.65. The molecule has 3 heterocycles. The van der Waals surface area contributed by atoms with Gasteiger partial charge in [-0.2, -0.15) is 0 Å². The van der Waals surface area contributed by atoms with Gasteiger partial charge in [-0.05, 0) is 46.2 Å². The number of nitrogens with one attached hydrogen (secondary N) is 1. The maximum atomic E-state index is 12.4. The van der Waals surface area contributed by atoms with Crippen molar-refractivity contribution in [3.63, 3.8) is 0 Å². The second kappa shape index (κ2) is 7.34. The van der Waals surface area contributed by atoms with Crippen LogP contribution in [0.25, 0.3) is 11.5 Å². The van der Waals surface area contributed by atoms with Gasteiger partial charge in [0.25, 0.3) is 10.0 Å². The van der Waals surface area contributed by atoms with Gasteiger partial charge >= 0.3 is 0 Å². The molecule has 0 unspecified atom stereocenters. The number of sulfonamides is 1. The van der Waals surface area contributed by atoms with Crippen LogP contribution in [0.4, 0.5) is 0 Å². The molecule has 7 nitrogen and oxygen atoms in total. The van der Waals surface area contributed by atoms with Gasteiger partial charge in [0.15, 0.2) is 5.76 Å². The first kappa shape index (κ1) is 18.8. The van der Waals surface area contributed by atoms with E-state index in [1.165, 1.54) is 10.9 Å². The molecule has 0 aliphatic heterocycles. The fourth-order valence-corrected chi connectivity index (χ4v) is 4.37. The zero-order valence-corrected chi connectivity index (χ0v) is 16.8. The minimum absolute atomic E-state index is 0.137. The smallest absolute Gasteiger partial charge is 0.273 e. The van der Waals surface area contributed by atoms with Crippen molar-refractivity contribution in [3.05, 3.63) is 39.0 Å². The average molecular weight is 396 g/mol. The monoisotopic (exact) mass is 395 g/mol. The molecule has 0 aromatic carbocycles. The third-order valence-electron chi connectivity index (χ3n) is 4.16. The number of thiazole rings is 1. The van der Waals surface area contributed by atoms with Crippen LogP contribution < -0.4 is 4.72 Å². The highest BCUT2D eigenvalue weighted by molar-refractivity contribution is 7.89. The summed E-state index contributed by atoms with van der Waals surface area (Å²) in [6.07, 6.45) is 1.40. The first-order chi connectivity index (χ1) is 12.3. The molecule has 3 aromatic rings. The van der Waals surface area contributed by atoms with Crippen LogP contribution >= 0.6 is 11.3 Å². The molecule has 0 bridgehead atoms. The lowest BCUT2D eigenvalue weighted by Crippen LogP contribution is -2.24. The van der Waals surface area contributed by atoms with E-state index >= 15 is 0 Å². The molecule has 140 valence electrons. The van der Waals surface area contributed by atoms with Gasteiger partial charge in [-0.1, -0.05) is 5.16 Å². The minimum atomic E-state index is -3.71. The highest BCUT2D eigenvalue weighted by Crippen LogP contribution is 2.28. The predicted molar refractivity (Wildman–Crippen MR) is 98.8 cm³/mol. The zero-order chi connectivity index (χ0) is 18.9. The van der Waals surface area contributed by atoms with Crippen molar-refractivity contribution in [2.75, 3.05) is 6.54 Å². The van der Waals surface area contributed by atoms with Crippen molar-refractivity contribution in [2.45, 2.75) is 45.6 Å². The Morgan fingerprint density at radius 1 is 1.15 bits per heavy atom. The normalized spacial score (nSPS) is 12.0. The molecule has 0 amide bonds. The van der Waals surface area contributed by atoms with Crippen LogP contribution in [-0.2, 0) is 16.4 Å². The number of furan rings is 1. The summed E-state index contributed by atoms with van der Waals surface area (Å²) in [5.74, 6) is 0.788. The predicted octanol–water partition coefficient (Wildman–Crippen LogP) is 3.54. The Morgan fingerprint density at radius 3 is 2.54 bits per heavy atom. The summed E-state index contributed by atoms with van der Waals surface area (Å²) in [6.45, 7) is 7.99. The number of nitrogens with zero attached hydrogens (tertiary/aromatic N) is 2. The van der Waals surface area contributed by atoms with Crippen LogP contribution in [0.15, 0.2) is 26.2 Å². The molecule has 0 aliphatic rings. The van der Waals surface area contributed by atoms with Crippen LogP contribution in [0.5, 0.6) is 0 Å². The minimum Gasteiger partial charge on any atom is -0.440 e. The van der Waals surface area contributed by atoms with Crippen molar-refractivity contribution >= 4 is 21.4 Å². The van der Waals surface area contributed by atoms with Gasteiger partial charge in [-0.15, -0.1) is 11.3 Å². The van der Waals surface area contributed by atoms with Crippen LogP contribution in [0.1, 0.15) is 33.3 Å². The van der Waals surface area contributed by atoms with Gasteiger partial charge in [-0.3, -0.25) is 0 Å². The fourth-order valence-electron chi connectivity index (χ4n) is 2.40. The molecule has 26 heavy (non-hydrogen) atoms. The Morgan fingerprint density at radius 2 is 1.92 bits per heavy atom. The summed E-state index contributed by atoms with van der Waals surface area (Å²) in [7, 11) is -3.71. The maximum absolute atomic E-state index is 12.4. The highest BCUT2D eigenvalue weighted by atomic mass is 32.2. The molecule has 0 spiro atoms. The Balaban J connectivity index is 1.61. The van der Waals surface area contributed by atoms with E-state index < -0.39 is 10.0 Å². The Bertz CT molecular complexity index is 995. The number of aromatic nitrogens is 2.